The number of aromatic nitrogens is 2. The van der Waals surface area contributed by atoms with Gasteiger partial charge in [-0.15, -0.1) is 0 Å². The monoisotopic (exact) mass is 396 g/mol. The van der Waals surface area contributed by atoms with Gasteiger partial charge in [-0.3, -0.25) is 4.99 Å². The molecule has 150 valence electrons. The fraction of sp³-hybridized carbons (Fsp3) is 0.286. The van der Waals surface area contributed by atoms with Gasteiger partial charge in [-0.05, 0) is 49.9 Å². The number of hydrogen-bond acceptors (Lipinski definition) is 7. The molecular weight excluding hydrogens is 375 g/mol. The molecule has 1 fully saturated rings. The van der Waals surface area contributed by atoms with Gasteiger partial charge in [0.05, 0.1) is 23.5 Å². The number of rotatable bonds is 5. The summed E-state index contributed by atoms with van der Waals surface area (Å²) >= 11 is 0. The molecule has 2 aromatic carbocycles. The van der Waals surface area contributed by atoms with E-state index in [-0.39, 0.29) is 12.7 Å². The maximum absolute atomic E-state index is 13.9. The van der Waals surface area contributed by atoms with Crippen molar-refractivity contribution < 1.29 is 19.0 Å². The van der Waals surface area contributed by atoms with Crippen molar-refractivity contribution in [3.8, 4) is 5.75 Å². The van der Waals surface area contributed by atoms with Crippen molar-refractivity contribution in [3.63, 3.8) is 0 Å². The van der Waals surface area contributed by atoms with Crippen molar-refractivity contribution in [3.05, 3.63) is 48.0 Å². The molecule has 1 saturated heterocycles. The van der Waals surface area contributed by atoms with Crippen molar-refractivity contribution >= 4 is 34.8 Å². The molecule has 0 aliphatic carbocycles. The topological polar surface area (TPSA) is 88.9 Å². The van der Waals surface area contributed by atoms with Crippen molar-refractivity contribution in [1.29, 1.82) is 0 Å². The summed E-state index contributed by atoms with van der Waals surface area (Å²) in [5.41, 5.74) is 2.96. The normalized spacial score (nSPS) is 19.1. The third-order valence-corrected chi connectivity index (χ3v) is 4.80. The third kappa shape index (κ3) is 4.18. The molecule has 7 nitrogen and oxygen atoms in total. The van der Waals surface area contributed by atoms with Crippen LogP contribution in [0, 0.1) is 12.7 Å². The van der Waals surface area contributed by atoms with Gasteiger partial charge >= 0.3 is 0 Å². The van der Waals surface area contributed by atoms with Gasteiger partial charge in [0.1, 0.15) is 29.8 Å². The van der Waals surface area contributed by atoms with Crippen LogP contribution < -0.4 is 10.1 Å². The Hall–Kier alpha value is -3.10. The molecule has 1 aliphatic rings. The van der Waals surface area contributed by atoms with E-state index in [1.54, 1.807) is 6.07 Å². The number of aliphatic hydroxyl groups excluding tert-OH is 1. The summed E-state index contributed by atoms with van der Waals surface area (Å²) in [7, 11) is 0. The number of fused-ring (bicyclic) bond motifs is 1. The fourth-order valence-corrected chi connectivity index (χ4v) is 3.37. The Kier molecular flexibility index (Phi) is 5.37. The van der Waals surface area contributed by atoms with Crippen LogP contribution >= 0.6 is 0 Å². The molecule has 3 aromatic rings. The highest BCUT2D eigenvalue weighted by molar-refractivity contribution is 5.95. The summed E-state index contributed by atoms with van der Waals surface area (Å²) in [5.74, 6) is 0.520. The first-order valence-electron chi connectivity index (χ1n) is 9.28. The summed E-state index contributed by atoms with van der Waals surface area (Å²) in [6, 6.07) is 8.01. The fourth-order valence-electron chi connectivity index (χ4n) is 3.37. The molecular formula is C21H21FN4O3. The van der Waals surface area contributed by atoms with Gasteiger partial charge in [-0.1, -0.05) is 0 Å². The summed E-state index contributed by atoms with van der Waals surface area (Å²) in [4.78, 5) is 12.7. The number of benzene rings is 2. The molecule has 2 unspecified atom stereocenters. The lowest BCUT2D eigenvalue weighted by molar-refractivity contribution is -0.151. The molecule has 0 spiro atoms. The second-order valence-electron chi connectivity index (χ2n) is 6.91. The Morgan fingerprint density at radius 3 is 2.90 bits per heavy atom. The lowest BCUT2D eigenvalue weighted by Crippen LogP contribution is -2.33. The number of nitrogens with zero attached hydrogens (tertiary/aromatic N) is 3. The maximum Gasteiger partial charge on any atom is 0.154 e. The largest absolute Gasteiger partial charge is 0.486 e. The van der Waals surface area contributed by atoms with Crippen LogP contribution in [0.25, 0.3) is 10.9 Å². The molecule has 0 amide bonds. The van der Waals surface area contributed by atoms with Crippen LogP contribution in [0.3, 0.4) is 0 Å². The average molecular weight is 396 g/mol. The molecule has 0 saturated carbocycles. The SMILES string of the molecule is C=Nc1cc(C)c2c(Nc3ccc(F)cc3OC3CCC(O)OC3)ncnc2c1. The Morgan fingerprint density at radius 1 is 1.28 bits per heavy atom. The summed E-state index contributed by atoms with van der Waals surface area (Å²) in [5, 5.41) is 13.5. The lowest BCUT2D eigenvalue weighted by atomic mass is 10.1. The third-order valence-electron chi connectivity index (χ3n) is 4.80. The lowest BCUT2D eigenvalue weighted by Gasteiger charge is -2.27. The molecule has 2 N–H and O–H groups in total. The smallest absolute Gasteiger partial charge is 0.154 e. The van der Waals surface area contributed by atoms with Gasteiger partial charge < -0.3 is 19.9 Å². The van der Waals surface area contributed by atoms with Crippen molar-refractivity contribution in [2.75, 3.05) is 11.9 Å². The Morgan fingerprint density at radius 2 is 2.14 bits per heavy atom. The van der Waals surface area contributed by atoms with E-state index in [0.29, 0.717) is 30.1 Å². The molecule has 2 atom stereocenters. The van der Waals surface area contributed by atoms with Gasteiger partial charge in [0.15, 0.2) is 6.29 Å². The van der Waals surface area contributed by atoms with E-state index in [1.165, 1.54) is 18.5 Å². The number of ether oxygens (including phenoxy) is 2. The minimum absolute atomic E-state index is 0.240. The van der Waals surface area contributed by atoms with Crippen LogP contribution in [0.1, 0.15) is 18.4 Å². The van der Waals surface area contributed by atoms with E-state index in [0.717, 1.165) is 22.2 Å². The summed E-state index contributed by atoms with van der Waals surface area (Å²) in [6.45, 7) is 5.74. The Balaban J connectivity index is 1.67. The first kappa shape index (κ1) is 19.2. The van der Waals surface area contributed by atoms with E-state index in [1.807, 2.05) is 19.1 Å². The van der Waals surface area contributed by atoms with Crippen LogP contribution in [0.2, 0.25) is 0 Å². The minimum Gasteiger partial charge on any atom is -0.486 e. The number of aryl methyl sites for hydroxylation is 1. The highest BCUT2D eigenvalue weighted by Gasteiger charge is 2.22. The van der Waals surface area contributed by atoms with Crippen LogP contribution in [-0.2, 0) is 4.74 Å². The van der Waals surface area contributed by atoms with Crippen molar-refractivity contribution in [1.82, 2.24) is 9.97 Å². The first-order valence-corrected chi connectivity index (χ1v) is 9.28. The standard InChI is InChI=1S/C21H21FN4O3/c1-12-7-14(23-2)9-17-20(12)21(25-11-24-17)26-16-5-3-13(22)8-18(16)29-15-4-6-19(27)28-10-15/h3,5,7-9,11,15,19,27H,2,4,6,10H2,1H3,(H,24,25,26). The Bertz CT molecular complexity index is 1050. The zero-order valence-electron chi connectivity index (χ0n) is 15.9. The second-order valence-corrected chi connectivity index (χ2v) is 6.91. The zero-order valence-corrected chi connectivity index (χ0v) is 15.9. The molecule has 0 bridgehead atoms. The van der Waals surface area contributed by atoms with Gasteiger partial charge in [-0.2, -0.15) is 0 Å². The molecule has 8 heteroatoms. The average Bonchev–Trinajstić information content (AvgIpc) is 2.71. The van der Waals surface area contributed by atoms with E-state index in [2.05, 4.69) is 27.0 Å². The van der Waals surface area contributed by atoms with Crippen LogP contribution in [0.5, 0.6) is 5.75 Å². The quantitative estimate of drug-likeness (QED) is 0.633. The van der Waals surface area contributed by atoms with E-state index in [9.17, 15) is 9.50 Å². The van der Waals surface area contributed by atoms with Gasteiger partial charge in [0, 0.05) is 17.9 Å². The maximum atomic E-state index is 13.9. The zero-order chi connectivity index (χ0) is 20.4. The molecule has 29 heavy (non-hydrogen) atoms. The summed E-state index contributed by atoms with van der Waals surface area (Å²) in [6.07, 6.45) is 1.50. The number of hydrogen-bond donors (Lipinski definition) is 2. The number of aliphatic hydroxyl groups is 1. The Labute approximate surface area is 167 Å². The molecule has 1 aliphatic heterocycles. The first-order chi connectivity index (χ1) is 14.0. The number of anilines is 2. The van der Waals surface area contributed by atoms with Gasteiger partial charge in [0.25, 0.3) is 0 Å². The van der Waals surface area contributed by atoms with Crippen LogP contribution in [0.4, 0.5) is 21.6 Å². The highest BCUT2D eigenvalue weighted by Crippen LogP contribution is 2.34. The van der Waals surface area contributed by atoms with Crippen LogP contribution in [-0.4, -0.2) is 40.8 Å². The predicted molar refractivity (Wildman–Crippen MR) is 109 cm³/mol. The van der Waals surface area contributed by atoms with Gasteiger partial charge in [-0.25, -0.2) is 14.4 Å². The second kappa shape index (κ2) is 8.10. The predicted octanol–water partition coefficient (Wildman–Crippen LogP) is 4.03. The van der Waals surface area contributed by atoms with E-state index >= 15 is 0 Å². The van der Waals surface area contributed by atoms with E-state index in [4.69, 9.17) is 9.47 Å². The summed E-state index contributed by atoms with van der Waals surface area (Å²) < 4.78 is 25.1. The van der Waals surface area contributed by atoms with Crippen molar-refractivity contribution in [2.45, 2.75) is 32.2 Å². The number of nitrogens with one attached hydrogen (secondary N) is 1. The number of aliphatic imine (C=N–C) groups is 1. The minimum atomic E-state index is -0.773. The molecule has 4 rings (SSSR count). The number of halogens is 1. The molecule has 1 aromatic heterocycles. The highest BCUT2D eigenvalue weighted by atomic mass is 19.1. The van der Waals surface area contributed by atoms with Crippen molar-refractivity contribution in [2.24, 2.45) is 4.99 Å². The molecule has 2 heterocycles. The van der Waals surface area contributed by atoms with Crippen LogP contribution in [0.15, 0.2) is 41.7 Å². The van der Waals surface area contributed by atoms with E-state index < -0.39 is 12.1 Å². The molecule has 0 radical (unpaired) electrons. The van der Waals surface area contributed by atoms with Gasteiger partial charge in [0.2, 0.25) is 0 Å².